The van der Waals surface area contributed by atoms with E-state index in [-0.39, 0.29) is 6.04 Å². The first-order valence-electron chi connectivity index (χ1n) is 7.88. The monoisotopic (exact) mass is 352 g/mol. The molecular weight excluding hydrogens is 328 g/mol. The lowest BCUT2D eigenvalue weighted by atomic mass is 9.83. The number of halogens is 1. The van der Waals surface area contributed by atoms with E-state index < -0.39 is 0 Å². The highest BCUT2D eigenvalue weighted by Gasteiger charge is 2.40. The zero-order valence-electron chi connectivity index (χ0n) is 12.9. The summed E-state index contributed by atoms with van der Waals surface area (Å²) in [6.45, 7) is 0. The van der Waals surface area contributed by atoms with Gasteiger partial charge in [-0.1, -0.05) is 15.9 Å². The summed E-state index contributed by atoms with van der Waals surface area (Å²) in [5, 5.41) is 0. The molecule has 0 amide bonds. The molecule has 4 heteroatoms. The molecule has 2 aliphatic heterocycles. The van der Waals surface area contributed by atoms with E-state index in [1.807, 2.05) is 6.07 Å². The summed E-state index contributed by atoms with van der Waals surface area (Å²) in [5.74, 6) is 1.56. The van der Waals surface area contributed by atoms with Crippen molar-refractivity contribution in [3.63, 3.8) is 0 Å². The number of benzene rings is 1. The number of methoxy groups -OCH3 is 1. The van der Waals surface area contributed by atoms with Crippen LogP contribution in [0.1, 0.15) is 31.2 Å². The van der Waals surface area contributed by atoms with Crippen LogP contribution in [0.25, 0.3) is 0 Å². The van der Waals surface area contributed by atoms with E-state index in [1.54, 1.807) is 7.11 Å². The molecule has 116 valence electrons. The fourth-order valence-corrected chi connectivity index (χ4v) is 4.47. The summed E-state index contributed by atoms with van der Waals surface area (Å²) in [4.78, 5) is 2.57. The Morgan fingerprint density at radius 3 is 2.62 bits per heavy atom. The first kappa shape index (κ1) is 15.3. The maximum atomic E-state index is 6.56. The minimum atomic E-state index is 0.241. The van der Waals surface area contributed by atoms with Crippen LogP contribution < -0.4 is 10.5 Å². The van der Waals surface area contributed by atoms with Crippen LogP contribution in [-0.2, 0) is 6.42 Å². The largest absolute Gasteiger partial charge is 0.497 e. The molecule has 2 saturated heterocycles. The molecule has 2 aliphatic rings. The quantitative estimate of drug-likeness (QED) is 0.904. The SMILES string of the molecule is COc1ccc(Br)c(CC(N)C2CC3CCC(C2)N3C)c1. The number of rotatable bonds is 4. The standard InChI is InChI=1S/C17H25BrN2O/c1-20-13-3-4-14(20)8-12(7-13)17(19)10-11-9-15(21-2)5-6-16(11)18/h5-6,9,12-14,17H,3-4,7-8,10,19H2,1-2H3. The highest BCUT2D eigenvalue weighted by Crippen LogP contribution is 2.39. The Kier molecular flexibility index (Phi) is 4.57. The Bertz CT molecular complexity index is 494. The third-order valence-corrected chi connectivity index (χ3v) is 6.22. The predicted molar refractivity (Wildman–Crippen MR) is 89.7 cm³/mol. The summed E-state index contributed by atoms with van der Waals surface area (Å²) < 4.78 is 6.46. The van der Waals surface area contributed by atoms with Crippen LogP contribution in [0.2, 0.25) is 0 Å². The first-order chi connectivity index (χ1) is 10.1. The van der Waals surface area contributed by atoms with Gasteiger partial charge >= 0.3 is 0 Å². The number of hydrogen-bond donors (Lipinski definition) is 1. The van der Waals surface area contributed by atoms with Gasteiger partial charge in [0, 0.05) is 22.6 Å². The molecule has 2 bridgehead atoms. The van der Waals surface area contributed by atoms with E-state index in [0.29, 0.717) is 5.92 Å². The van der Waals surface area contributed by atoms with Gasteiger partial charge in [-0.15, -0.1) is 0 Å². The average molecular weight is 353 g/mol. The smallest absolute Gasteiger partial charge is 0.119 e. The van der Waals surface area contributed by atoms with Crippen LogP contribution in [0, 0.1) is 5.92 Å². The van der Waals surface area contributed by atoms with Crippen molar-refractivity contribution in [1.29, 1.82) is 0 Å². The van der Waals surface area contributed by atoms with E-state index in [2.05, 4.69) is 40.0 Å². The molecule has 3 atom stereocenters. The molecule has 3 rings (SSSR count). The molecule has 0 aromatic heterocycles. The molecule has 0 aliphatic carbocycles. The Labute approximate surface area is 136 Å². The molecule has 3 unspecified atom stereocenters. The van der Waals surface area contributed by atoms with Gasteiger partial charge in [-0.25, -0.2) is 0 Å². The average Bonchev–Trinajstić information content (AvgIpc) is 2.71. The number of ether oxygens (including phenoxy) is 1. The van der Waals surface area contributed by atoms with Gasteiger partial charge in [-0.3, -0.25) is 0 Å². The van der Waals surface area contributed by atoms with E-state index in [4.69, 9.17) is 10.5 Å². The molecular formula is C17H25BrN2O. The second-order valence-electron chi connectivity index (χ2n) is 6.61. The van der Waals surface area contributed by atoms with Crippen molar-refractivity contribution in [3.8, 4) is 5.75 Å². The van der Waals surface area contributed by atoms with Gasteiger partial charge in [0.1, 0.15) is 5.75 Å². The van der Waals surface area contributed by atoms with Crippen LogP contribution >= 0.6 is 15.9 Å². The number of piperidine rings is 1. The normalized spacial score (nSPS) is 30.4. The number of hydrogen-bond acceptors (Lipinski definition) is 3. The zero-order valence-corrected chi connectivity index (χ0v) is 14.5. The van der Waals surface area contributed by atoms with Crippen molar-refractivity contribution in [2.45, 2.75) is 50.2 Å². The lowest BCUT2D eigenvalue weighted by molar-refractivity contribution is 0.120. The van der Waals surface area contributed by atoms with E-state index >= 15 is 0 Å². The third-order valence-electron chi connectivity index (χ3n) is 5.45. The highest BCUT2D eigenvalue weighted by atomic mass is 79.9. The van der Waals surface area contributed by atoms with Crippen molar-refractivity contribution in [1.82, 2.24) is 4.90 Å². The van der Waals surface area contributed by atoms with Gasteiger partial charge in [-0.05, 0) is 68.8 Å². The molecule has 0 spiro atoms. The van der Waals surface area contributed by atoms with Crippen molar-refractivity contribution in [2.75, 3.05) is 14.2 Å². The van der Waals surface area contributed by atoms with E-state index in [0.717, 1.165) is 28.7 Å². The number of fused-ring (bicyclic) bond motifs is 2. The molecule has 0 saturated carbocycles. The molecule has 1 aromatic rings. The fraction of sp³-hybridized carbons (Fsp3) is 0.647. The molecule has 2 N–H and O–H groups in total. The lowest BCUT2D eigenvalue weighted by Crippen LogP contribution is -2.46. The van der Waals surface area contributed by atoms with Gasteiger partial charge in [0.2, 0.25) is 0 Å². The van der Waals surface area contributed by atoms with Gasteiger partial charge in [0.05, 0.1) is 7.11 Å². The van der Waals surface area contributed by atoms with E-state index in [9.17, 15) is 0 Å². The van der Waals surface area contributed by atoms with E-state index in [1.165, 1.54) is 31.2 Å². The Balaban J connectivity index is 1.68. The highest BCUT2D eigenvalue weighted by molar-refractivity contribution is 9.10. The van der Waals surface area contributed by atoms with Crippen LogP contribution in [0.3, 0.4) is 0 Å². The Morgan fingerprint density at radius 2 is 2.00 bits per heavy atom. The summed E-state index contributed by atoms with van der Waals surface area (Å²) in [6.07, 6.45) is 6.15. The van der Waals surface area contributed by atoms with Crippen LogP contribution in [0.4, 0.5) is 0 Å². The second-order valence-corrected chi connectivity index (χ2v) is 7.46. The molecule has 3 nitrogen and oxygen atoms in total. The first-order valence-corrected chi connectivity index (χ1v) is 8.67. The summed E-state index contributed by atoms with van der Waals surface area (Å²) in [6, 6.07) is 7.90. The third kappa shape index (κ3) is 3.13. The lowest BCUT2D eigenvalue weighted by Gasteiger charge is -2.39. The molecule has 1 aromatic carbocycles. The topological polar surface area (TPSA) is 38.5 Å². The minimum absolute atomic E-state index is 0.241. The van der Waals surface area contributed by atoms with Crippen LogP contribution in [-0.4, -0.2) is 37.2 Å². The molecule has 2 fully saturated rings. The van der Waals surface area contributed by atoms with Crippen molar-refractivity contribution in [2.24, 2.45) is 11.7 Å². The van der Waals surface area contributed by atoms with Gasteiger partial charge in [0.25, 0.3) is 0 Å². The van der Waals surface area contributed by atoms with Crippen LogP contribution in [0.5, 0.6) is 5.75 Å². The second kappa shape index (κ2) is 6.27. The van der Waals surface area contributed by atoms with Crippen molar-refractivity contribution in [3.05, 3.63) is 28.2 Å². The fourth-order valence-electron chi connectivity index (χ4n) is 4.06. The zero-order chi connectivity index (χ0) is 15.0. The summed E-state index contributed by atoms with van der Waals surface area (Å²) in [7, 11) is 3.99. The maximum absolute atomic E-state index is 6.56. The molecule has 0 radical (unpaired) electrons. The molecule has 2 heterocycles. The Hall–Kier alpha value is -0.580. The van der Waals surface area contributed by atoms with Gasteiger partial charge in [-0.2, -0.15) is 0 Å². The van der Waals surface area contributed by atoms with Crippen molar-refractivity contribution < 1.29 is 4.74 Å². The number of nitrogens with zero attached hydrogens (tertiary/aromatic N) is 1. The predicted octanol–water partition coefficient (Wildman–Crippen LogP) is 3.20. The summed E-state index contributed by atoms with van der Waals surface area (Å²) >= 11 is 3.64. The number of nitrogens with two attached hydrogens (primary N) is 1. The maximum Gasteiger partial charge on any atom is 0.119 e. The van der Waals surface area contributed by atoms with Crippen molar-refractivity contribution >= 4 is 15.9 Å². The van der Waals surface area contributed by atoms with Crippen LogP contribution in [0.15, 0.2) is 22.7 Å². The molecule has 21 heavy (non-hydrogen) atoms. The minimum Gasteiger partial charge on any atom is -0.497 e. The van der Waals surface area contributed by atoms with Gasteiger partial charge < -0.3 is 15.4 Å². The van der Waals surface area contributed by atoms with Gasteiger partial charge in [0.15, 0.2) is 0 Å². The summed E-state index contributed by atoms with van der Waals surface area (Å²) in [5.41, 5.74) is 7.82. The Morgan fingerprint density at radius 1 is 1.33 bits per heavy atom.